The van der Waals surface area contributed by atoms with E-state index in [2.05, 4.69) is 15.9 Å². The van der Waals surface area contributed by atoms with Gasteiger partial charge in [0.15, 0.2) is 0 Å². The zero-order valence-electron chi connectivity index (χ0n) is 16.5. The summed E-state index contributed by atoms with van der Waals surface area (Å²) in [6.45, 7) is 1.12. The zero-order chi connectivity index (χ0) is 21.0. The Kier molecular flexibility index (Phi) is 6.97. The van der Waals surface area contributed by atoms with Crippen molar-refractivity contribution in [1.29, 1.82) is 0 Å². The average Bonchev–Trinajstić information content (AvgIpc) is 2.74. The highest BCUT2D eigenvalue weighted by Gasteiger charge is 2.34. The molecule has 6 nitrogen and oxygen atoms in total. The highest BCUT2D eigenvalue weighted by molar-refractivity contribution is 9.10. The second kappa shape index (κ2) is 9.28. The molecule has 29 heavy (non-hydrogen) atoms. The van der Waals surface area contributed by atoms with Gasteiger partial charge in [-0.25, -0.2) is 8.42 Å². The monoisotopic (exact) mass is 480 g/mol. The number of hydrogen-bond acceptors (Lipinski definition) is 4. The lowest BCUT2D eigenvalue weighted by atomic mass is 9.98. The number of sulfonamides is 1. The third kappa shape index (κ3) is 5.18. The fraction of sp³-hybridized carbons (Fsp3) is 0.381. The molecule has 0 aromatic heterocycles. The van der Waals surface area contributed by atoms with Crippen LogP contribution in [0.15, 0.2) is 57.9 Å². The van der Waals surface area contributed by atoms with Gasteiger partial charge in [-0.1, -0.05) is 28.1 Å². The molecular weight excluding hydrogens is 456 g/mol. The Hall–Kier alpha value is -1.90. The molecule has 2 aromatic rings. The second-order valence-corrected chi connectivity index (χ2v) is 10.1. The van der Waals surface area contributed by atoms with Gasteiger partial charge in [-0.05, 0) is 54.8 Å². The van der Waals surface area contributed by atoms with E-state index in [-0.39, 0.29) is 23.3 Å². The summed E-state index contributed by atoms with van der Waals surface area (Å²) >= 11 is 3.32. The molecular formula is C21H25BrN2O4S. The van der Waals surface area contributed by atoms with Crippen molar-refractivity contribution in [2.45, 2.75) is 24.3 Å². The summed E-state index contributed by atoms with van der Waals surface area (Å²) in [5.41, 5.74) is 0.997. The Bertz CT molecular complexity index is 946. The Balaban J connectivity index is 1.67. The van der Waals surface area contributed by atoms with Gasteiger partial charge in [-0.3, -0.25) is 4.79 Å². The predicted octanol–water partition coefficient (Wildman–Crippen LogP) is 3.52. The quantitative estimate of drug-likeness (QED) is 0.634. The Morgan fingerprint density at radius 3 is 2.45 bits per heavy atom. The minimum Gasteiger partial charge on any atom is -0.497 e. The summed E-state index contributed by atoms with van der Waals surface area (Å²) < 4.78 is 33.3. The van der Waals surface area contributed by atoms with E-state index >= 15 is 0 Å². The standard InChI is InChI=1S/C21H25BrN2O4S/c1-23(14-16-5-9-19(28-2)10-6-16)21(25)17-4-3-13-24(15-17)29(26,27)20-11-7-18(22)8-12-20/h5-12,17H,3-4,13-15H2,1-2H3/t17-/m0/s1. The van der Waals surface area contributed by atoms with Gasteiger partial charge in [0.1, 0.15) is 5.75 Å². The van der Waals surface area contributed by atoms with Crippen LogP contribution in [0.4, 0.5) is 0 Å². The lowest BCUT2D eigenvalue weighted by Crippen LogP contribution is -2.45. The van der Waals surface area contributed by atoms with Crippen molar-refractivity contribution in [2.75, 3.05) is 27.2 Å². The molecule has 8 heteroatoms. The first kappa shape index (κ1) is 21.8. The van der Waals surface area contributed by atoms with Crippen molar-refractivity contribution in [3.05, 3.63) is 58.6 Å². The van der Waals surface area contributed by atoms with E-state index in [4.69, 9.17) is 4.74 Å². The highest BCUT2D eigenvalue weighted by atomic mass is 79.9. The first-order chi connectivity index (χ1) is 13.8. The maximum absolute atomic E-state index is 13.0. The van der Waals surface area contributed by atoms with E-state index in [0.717, 1.165) is 15.8 Å². The molecule has 1 atom stereocenters. The lowest BCUT2D eigenvalue weighted by molar-refractivity contribution is -0.135. The number of carbonyl (C=O) groups is 1. The fourth-order valence-corrected chi connectivity index (χ4v) is 5.30. The number of amides is 1. The molecule has 156 valence electrons. The number of carbonyl (C=O) groups excluding carboxylic acids is 1. The molecule has 0 bridgehead atoms. The van der Waals surface area contributed by atoms with Crippen molar-refractivity contribution in [3.8, 4) is 5.75 Å². The van der Waals surface area contributed by atoms with Crippen molar-refractivity contribution in [1.82, 2.24) is 9.21 Å². The van der Waals surface area contributed by atoms with Crippen LogP contribution in [0.5, 0.6) is 5.75 Å². The Morgan fingerprint density at radius 2 is 1.83 bits per heavy atom. The molecule has 1 amide bonds. The summed E-state index contributed by atoms with van der Waals surface area (Å²) in [7, 11) is -0.238. The van der Waals surface area contributed by atoms with E-state index in [9.17, 15) is 13.2 Å². The van der Waals surface area contributed by atoms with Gasteiger partial charge < -0.3 is 9.64 Å². The number of piperidine rings is 1. The fourth-order valence-electron chi connectivity index (χ4n) is 3.51. The molecule has 0 radical (unpaired) electrons. The highest BCUT2D eigenvalue weighted by Crippen LogP contribution is 2.26. The van der Waals surface area contributed by atoms with Gasteiger partial charge in [-0.2, -0.15) is 4.31 Å². The first-order valence-electron chi connectivity index (χ1n) is 9.45. The van der Waals surface area contributed by atoms with Crippen LogP contribution in [0.1, 0.15) is 18.4 Å². The van der Waals surface area contributed by atoms with Crippen LogP contribution in [-0.2, 0) is 21.4 Å². The van der Waals surface area contributed by atoms with Crippen LogP contribution in [0.25, 0.3) is 0 Å². The van der Waals surface area contributed by atoms with Crippen molar-refractivity contribution < 1.29 is 17.9 Å². The normalized spacial score (nSPS) is 17.7. The first-order valence-corrected chi connectivity index (χ1v) is 11.7. The predicted molar refractivity (Wildman–Crippen MR) is 115 cm³/mol. The number of benzene rings is 2. The van der Waals surface area contributed by atoms with Gasteiger partial charge in [0.2, 0.25) is 15.9 Å². The van der Waals surface area contributed by atoms with Crippen LogP contribution < -0.4 is 4.74 Å². The van der Waals surface area contributed by atoms with Gasteiger partial charge in [-0.15, -0.1) is 0 Å². The number of ether oxygens (including phenoxy) is 1. The smallest absolute Gasteiger partial charge is 0.243 e. The second-order valence-electron chi connectivity index (χ2n) is 7.20. The van der Waals surface area contributed by atoms with Crippen molar-refractivity contribution >= 4 is 31.9 Å². The number of methoxy groups -OCH3 is 1. The molecule has 1 heterocycles. The van der Waals surface area contributed by atoms with Crippen molar-refractivity contribution in [3.63, 3.8) is 0 Å². The van der Waals surface area contributed by atoms with Crippen molar-refractivity contribution in [2.24, 2.45) is 5.92 Å². The summed E-state index contributed by atoms with van der Waals surface area (Å²) in [5, 5.41) is 0. The molecule has 1 fully saturated rings. The number of halogens is 1. The molecule has 2 aromatic carbocycles. The van der Waals surface area contributed by atoms with E-state index in [1.54, 1.807) is 43.3 Å². The van der Waals surface area contributed by atoms with E-state index in [1.165, 1.54) is 4.31 Å². The molecule has 1 aliphatic rings. The molecule has 0 saturated carbocycles. The summed E-state index contributed by atoms with van der Waals surface area (Å²) in [6, 6.07) is 14.2. The minimum atomic E-state index is -3.61. The molecule has 0 aliphatic carbocycles. The molecule has 1 saturated heterocycles. The average molecular weight is 481 g/mol. The van der Waals surface area contributed by atoms with Gasteiger partial charge in [0.05, 0.1) is 17.9 Å². The topological polar surface area (TPSA) is 66.9 Å². The Morgan fingerprint density at radius 1 is 1.17 bits per heavy atom. The van der Waals surface area contributed by atoms with Crippen LogP contribution >= 0.6 is 15.9 Å². The molecule has 1 aliphatic heterocycles. The molecule has 3 rings (SSSR count). The number of rotatable bonds is 6. The Labute approximate surface area is 180 Å². The van der Waals surface area contributed by atoms with Crippen LogP contribution in [-0.4, -0.2) is 50.8 Å². The minimum absolute atomic E-state index is 0.0310. The number of nitrogens with zero attached hydrogens (tertiary/aromatic N) is 2. The van der Waals surface area contributed by atoms with Crippen LogP contribution in [0.2, 0.25) is 0 Å². The SMILES string of the molecule is COc1ccc(CN(C)C(=O)[C@H]2CCCN(S(=O)(=O)c3ccc(Br)cc3)C2)cc1. The van der Waals surface area contributed by atoms with Crippen LogP contribution in [0, 0.1) is 5.92 Å². The molecule has 0 N–H and O–H groups in total. The largest absolute Gasteiger partial charge is 0.497 e. The van der Waals surface area contributed by atoms with Gasteiger partial charge in [0.25, 0.3) is 0 Å². The zero-order valence-corrected chi connectivity index (χ0v) is 18.9. The van der Waals surface area contributed by atoms with E-state index in [1.807, 2.05) is 24.3 Å². The maximum Gasteiger partial charge on any atom is 0.243 e. The van der Waals surface area contributed by atoms with E-state index < -0.39 is 10.0 Å². The summed E-state index contributed by atoms with van der Waals surface area (Å²) in [4.78, 5) is 14.9. The van der Waals surface area contributed by atoms with Crippen LogP contribution in [0.3, 0.4) is 0 Å². The van der Waals surface area contributed by atoms with Gasteiger partial charge in [0, 0.05) is 31.2 Å². The maximum atomic E-state index is 13.0. The third-order valence-electron chi connectivity index (χ3n) is 5.14. The van der Waals surface area contributed by atoms with E-state index in [0.29, 0.717) is 25.9 Å². The third-order valence-corrected chi connectivity index (χ3v) is 7.55. The van der Waals surface area contributed by atoms with Gasteiger partial charge >= 0.3 is 0 Å². The lowest BCUT2D eigenvalue weighted by Gasteiger charge is -2.33. The summed E-state index contributed by atoms with van der Waals surface area (Å²) in [6.07, 6.45) is 1.36. The molecule has 0 spiro atoms. The summed E-state index contributed by atoms with van der Waals surface area (Å²) in [5.74, 6) is 0.401. The number of hydrogen-bond donors (Lipinski definition) is 0. The molecule has 0 unspecified atom stereocenters.